The molecule has 8 heteroatoms. The summed E-state index contributed by atoms with van der Waals surface area (Å²) in [6.07, 6.45) is 1.85. The van der Waals surface area contributed by atoms with Crippen molar-refractivity contribution in [3.63, 3.8) is 0 Å². The normalized spacial score (nSPS) is 17.0. The van der Waals surface area contributed by atoms with Gasteiger partial charge in [0.15, 0.2) is 5.82 Å². The number of carbonyl (C=O) groups excluding carboxylic acids is 1. The first-order valence-corrected chi connectivity index (χ1v) is 5.92. The quantitative estimate of drug-likeness (QED) is 0.289. The summed E-state index contributed by atoms with van der Waals surface area (Å²) in [5.41, 5.74) is 0.401. The van der Waals surface area contributed by atoms with Crippen molar-refractivity contribution in [3.05, 3.63) is 50.7 Å². The van der Waals surface area contributed by atoms with Crippen LogP contribution in [0.3, 0.4) is 0 Å². The molecular formula is C11H11ClN4O3. The summed E-state index contributed by atoms with van der Waals surface area (Å²) < 4.78 is 0. The van der Waals surface area contributed by atoms with Crippen LogP contribution >= 0.6 is 11.6 Å². The van der Waals surface area contributed by atoms with Gasteiger partial charge in [0, 0.05) is 25.8 Å². The average Bonchev–Trinajstić information content (AvgIpc) is 2.81. The highest BCUT2D eigenvalue weighted by Gasteiger charge is 2.27. The van der Waals surface area contributed by atoms with E-state index in [0.717, 1.165) is 5.56 Å². The molecule has 1 aromatic heterocycles. The second-order valence-electron chi connectivity index (χ2n) is 3.95. The maximum Gasteiger partial charge on any atom is 0.348 e. The molecule has 1 saturated heterocycles. The predicted octanol–water partition coefficient (Wildman–Crippen LogP) is 0.785. The Hall–Kier alpha value is -2.15. The van der Waals surface area contributed by atoms with Crippen molar-refractivity contribution >= 4 is 17.9 Å². The van der Waals surface area contributed by atoms with Gasteiger partial charge in [0.1, 0.15) is 5.15 Å². The fourth-order valence-electron chi connectivity index (χ4n) is 1.85. The molecule has 0 radical (unpaired) electrons. The third-order valence-corrected chi connectivity index (χ3v) is 2.93. The monoisotopic (exact) mass is 282 g/mol. The molecule has 1 aromatic rings. The lowest BCUT2D eigenvalue weighted by Gasteiger charge is -2.17. The van der Waals surface area contributed by atoms with Crippen molar-refractivity contribution in [1.82, 2.24) is 15.2 Å². The smallest absolute Gasteiger partial charge is 0.348 e. The highest BCUT2D eigenvalue weighted by Crippen LogP contribution is 2.16. The third-order valence-electron chi connectivity index (χ3n) is 2.70. The van der Waals surface area contributed by atoms with E-state index in [9.17, 15) is 14.9 Å². The fraction of sp³-hybridized carbons (Fsp3) is 0.273. The number of aromatic nitrogens is 1. The van der Waals surface area contributed by atoms with Crippen molar-refractivity contribution in [2.75, 3.05) is 13.1 Å². The van der Waals surface area contributed by atoms with Crippen molar-refractivity contribution < 1.29 is 9.72 Å². The molecule has 0 aromatic carbocycles. The second-order valence-corrected chi connectivity index (χ2v) is 4.33. The number of nitro groups is 1. The van der Waals surface area contributed by atoms with E-state index in [0.29, 0.717) is 24.8 Å². The Balaban J connectivity index is 2.22. The highest BCUT2D eigenvalue weighted by atomic mass is 35.5. The lowest BCUT2D eigenvalue weighted by Crippen LogP contribution is -2.24. The van der Waals surface area contributed by atoms with Crippen LogP contribution in [0.5, 0.6) is 0 Å². The summed E-state index contributed by atoms with van der Waals surface area (Å²) in [5.74, 6) is 0.245. The topological polar surface area (TPSA) is 88.4 Å². The Kier molecular flexibility index (Phi) is 3.96. The number of carbonyl (C=O) groups is 1. The molecule has 1 fully saturated rings. The van der Waals surface area contributed by atoms with Crippen LogP contribution in [0.25, 0.3) is 0 Å². The first kappa shape index (κ1) is 13.3. The minimum Gasteiger partial charge on any atom is -0.364 e. The Morgan fingerprint density at radius 2 is 2.42 bits per heavy atom. The van der Waals surface area contributed by atoms with Gasteiger partial charge in [0.25, 0.3) is 0 Å². The molecule has 19 heavy (non-hydrogen) atoms. The SMILES string of the molecule is O=C/C(=C1\NCCN1Cc1ccc(Cl)nc1)[N+](=O)[O-]. The molecule has 2 rings (SSSR count). The maximum absolute atomic E-state index is 10.8. The molecule has 0 bridgehead atoms. The van der Waals surface area contributed by atoms with Crippen molar-refractivity contribution in [1.29, 1.82) is 0 Å². The van der Waals surface area contributed by atoms with Crippen LogP contribution in [0.2, 0.25) is 5.15 Å². The number of pyridine rings is 1. The van der Waals surface area contributed by atoms with E-state index in [2.05, 4.69) is 10.3 Å². The Labute approximate surface area is 114 Å². The number of allylic oxidation sites excluding steroid dienone is 1. The predicted molar refractivity (Wildman–Crippen MR) is 67.7 cm³/mol. The van der Waals surface area contributed by atoms with Crippen LogP contribution in [0, 0.1) is 10.1 Å². The summed E-state index contributed by atoms with van der Waals surface area (Å²) in [7, 11) is 0. The van der Waals surface area contributed by atoms with E-state index in [4.69, 9.17) is 11.6 Å². The van der Waals surface area contributed by atoms with Gasteiger partial charge in [-0.2, -0.15) is 0 Å². The summed E-state index contributed by atoms with van der Waals surface area (Å²) in [6, 6.07) is 3.44. The summed E-state index contributed by atoms with van der Waals surface area (Å²) in [5, 5.41) is 14.0. The van der Waals surface area contributed by atoms with Crippen LogP contribution in [0.4, 0.5) is 0 Å². The molecule has 1 N–H and O–H groups in total. The molecule has 1 aliphatic rings. The number of hydrogen-bond acceptors (Lipinski definition) is 6. The zero-order chi connectivity index (χ0) is 13.8. The van der Waals surface area contributed by atoms with Gasteiger partial charge >= 0.3 is 5.70 Å². The molecule has 0 spiro atoms. The Morgan fingerprint density at radius 1 is 1.63 bits per heavy atom. The molecule has 100 valence electrons. The number of nitrogens with zero attached hydrogens (tertiary/aromatic N) is 3. The van der Waals surface area contributed by atoms with Gasteiger partial charge in [-0.25, -0.2) is 4.98 Å². The van der Waals surface area contributed by atoms with E-state index in [-0.39, 0.29) is 12.1 Å². The standard InChI is InChI=1S/C11H11ClN4O3/c12-10-2-1-8(5-14-10)6-15-4-3-13-11(15)9(7-17)16(18)19/h1-2,5,7,13H,3-4,6H2/b11-9-. The number of rotatable bonds is 4. The number of aldehydes is 1. The average molecular weight is 283 g/mol. The van der Waals surface area contributed by atoms with Crippen molar-refractivity contribution in [2.45, 2.75) is 6.54 Å². The van der Waals surface area contributed by atoms with E-state index in [1.165, 1.54) is 0 Å². The van der Waals surface area contributed by atoms with Crippen molar-refractivity contribution in [3.8, 4) is 0 Å². The number of halogens is 1. The van der Waals surface area contributed by atoms with E-state index in [1.54, 1.807) is 23.2 Å². The first-order valence-electron chi connectivity index (χ1n) is 5.55. The second kappa shape index (κ2) is 5.66. The molecule has 0 unspecified atom stereocenters. The van der Waals surface area contributed by atoms with Gasteiger partial charge in [-0.3, -0.25) is 14.9 Å². The van der Waals surface area contributed by atoms with Gasteiger partial charge in [0.05, 0.1) is 4.92 Å². The van der Waals surface area contributed by atoms with Crippen LogP contribution in [0.1, 0.15) is 5.56 Å². The molecule has 1 aliphatic heterocycles. The summed E-state index contributed by atoms with van der Waals surface area (Å²) >= 11 is 5.69. The lowest BCUT2D eigenvalue weighted by atomic mass is 10.2. The molecule has 0 saturated carbocycles. The van der Waals surface area contributed by atoms with Gasteiger partial charge < -0.3 is 10.2 Å². The highest BCUT2D eigenvalue weighted by molar-refractivity contribution is 6.29. The maximum atomic E-state index is 10.8. The fourth-order valence-corrected chi connectivity index (χ4v) is 1.96. The number of nitrogens with one attached hydrogen (secondary N) is 1. The van der Waals surface area contributed by atoms with Gasteiger partial charge in [0.2, 0.25) is 6.29 Å². The van der Waals surface area contributed by atoms with Gasteiger partial charge in [-0.1, -0.05) is 17.7 Å². The molecule has 0 aliphatic carbocycles. The van der Waals surface area contributed by atoms with Gasteiger partial charge in [-0.05, 0) is 11.6 Å². The Bertz CT molecular complexity index is 529. The molecule has 0 atom stereocenters. The van der Waals surface area contributed by atoms with Crippen LogP contribution < -0.4 is 5.32 Å². The van der Waals surface area contributed by atoms with Crippen molar-refractivity contribution in [2.24, 2.45) is 0 Å². The van der Waals surface area contributed by atoms with E-state index in [1.807, 2.05) is 0 Å². The third kappa shape index (κ3) is 3.00. The first-order chi connectivity index (χ1) is 9.11. The van der Waals surface area contributed by atoms with Crippen LogP contribution in [-0.4, -0.2) is 34.2 Å². The molecular weight excluding hydrogens is 272 g/mol. The number of hydrogen-bond donors (Lipinski definition) is 1. The lowest BCUT2D eigenvalue weighted by molar-refractivity contribution is -0.419. The minimum atomic E-state index is -0.687. The zero-order valence-electron chi connectivity index (χ0n) is 9.88. The Morgan fingerprint density at radius 3 is 3.00 bits per heavy atom. The molecule has 0 amide bonds. The van der Waals surface area contributed by atoms with Gasteiger partial charge in [-0.15, -0.1) is 0 Å². The summed E-state index contributed by atoms with van der Waals surface area (Å²) in [4.78, 5) is 26.6. The van der Waals surface area contributed by atoms with Crippen LogP contribution in [-0.2, 0) is 11.3 Å². The molecule has 2 heterocycles. The van der Waals surface area contributed by atoms with E-state index >= 15 is 0 Å². The minimum absolute atomic E-state index is 0.245. The summed E-state index contributed by atoms with van der Waals surface area (Å²) in [6.45, 7) is 1.57. The largest absolute Gasteiger partial charge is 0.364 e. The van der Waals surface area contributed by atoms with E-state index < -0.39 is 10.6 Å². The molecule has 7 nitrogen and oxygen atoms in total. The van der Waals surface area contributed by atoms with Crippen LogP contribution in [0.15, 0.2) is 29.8 Å². The zero-order valence-corrected chi connectivity index (χ0v) is 10.6.